The van der Waals surface area contributed by atoms with Crippen LogP contribution in [-0.4, -0.2) is 17.4 Å². The molecule has 0 aliphatic heterocycles. The van der Waals surface area contributed by atoms with Crippen LogP contribution in [0.4, 0.5) is 0 Å². The zero-order valence-corrected chi connectivity index (χ0v) is 11.1. The Bertz CT molecular complexity index is 147. The van der Waals surface area contributed by atoms with Gasteiger partial charge in [0.05, 0.1) is 12.2 Å². The Morgan fingerprint density at radius 3 is 2.00 bits per heavy atom. The lowest BCUT2D eigenvalue weighted by atomic mass is 9.93. The standard InChI is InChI=1S/C11H25OP/c1-7-11(6,13)9(2)8-12-10(3,4)5/h9H,7-8,13H2,1-6H3. The van der Waals surface area contributed by atoms with E-state index in [0.717, 1.165) is 6.61 Å². The van der Waals surface area contributed by atoms with Crippen molar-refractivity contribution in [3.63, 3.8) is 0 Å². The predicted octanol–water partition coefficient (Wildman–Crippen LogP) is 3.48. The predicted molar refractivity (Wildman–Crippen MR) is 63.3 cm³/mol. The van der Waals surface area contributed by atoms with E-state index in [0.29, 0.717) is 11.1 Å². The maximum Gasteiger partial charge on any atom is 0.0598 e. The summed E-state index contributed by atoms with van der Waals surface area (Å²) in [6, 6.07) is 0. The molecular weight excluding hydrogens is 179 g/mol. The summed E-state index contributed by atoms with van der Waals surface area (Å²) < 4.78 is 5.77. The van der Waals surface area contributed by atoms with Crippen LogP contribution in [0, 0.1) is 5.92 Å². The van der Waals surface area contributed by atoms with E-state index >= 15 is 0 Å². The quantitative estimate of drug-likeness (QED) is 0.637. The van der Waals surface area contributed by atoms with Crippen LogP contribution in [0.3, 0.4) is 0 Å². The zero-order valence-electron chi connectivity index (χ0n) is 9.98. The fourth-order valence-corrected chi connectivity index (χ4v) is 1.01. The van der Waals surface area contributed by atoms with E-state index in [2.05, 4.69) is 50.8 Å². The van der Waals surface area contributed by atoms with Gasteiger partial charge in [-0.2, -0.15) is 0 Å². The summed E-state index contributed by atoms with van der Waals surface area (Å²) in [5.74, 6) is 0.585. The molecule has 0 amide bonds. The molecule has 3 unspecified atom stereocenters. The molecule has 0 saturated heterocycles. The van der Waals surface area contributed by atoms with Gasteiger partial charge in [-0.3, -0.25) is 0 Å². The van der Waals surface area contributed by atoms with Crippen LogP contribution < -0.4 is 0 Å². The molecular formula is C11H25OP. The summed E-state index contributed by atoms with van der Waals surface area (Å²) in [6.07, 6.45) is 1.17. The zero-order chi connectivity index (χ0) is 10.7. The van der Waals surface area contributed by atoms with E-state index in [-0.39, 0.29) is 5.60 Å². The highest BCUT2D eigenvalue weighted by atomic mass is 31.0. The Morgan fingerprint density at radius 1 is 1.23 bits per heavy atom. The Hall–Kier alpha value is 0.390. The summed E-state index contributed by atoms with van der Waals surface area (Å²) >= 11 is 0. The van der Waals surface area contributed by atoms with Crippen molar-refractivity contribution in [2.24, 2.45) is 5.92 Å². The van der Waals surface area contributed by atoms with Gasteiger partial charge in [-0.15, -0.1) is 9.24 Å². The minimum absolute atomic E-state index is 0.0112. The average Bonchev–Trinajstić information content (AvgIpc) is 1.98. The first kappa shape index (κ1) is 13.4. The molecule has 3 atom stereocenters. The average molecular weight is 204 g/mol. The minimum atomic E-state index is -0.0112. The summed E-state index contributed by atoms with van der Waals surface area (Å²) in [7, 11) is 2.94. The molecule has 0 aromatic rings. The molecule has 0 radical (unpaired) electrons. The van der Waals surface area contributed by atoms with Crippen molar-refractivity contribution in [3.8, 4) is 0 Å². The molecule has 0 saturated carbocycles. The molecule has 2 heteroatoms. The first-order chi connectivity index (χ1) is 5.69. The molecule has 13 heavy (non-hydrogen) atoms. The monoisotopic (exact) mass is 204 g/mol. The molecule has 0 spiro atoms. The van der Waals surface area contributed by atoms with Crippen molar-refractivity contribution < 1.29 is 4.74 Å². The van der Waals surface area contributed by atoms with Gasteiger partial charge >= 0.3 is 0 Å². The molecule has 0 rings (SSSR count). The Balaban J connectivity index is 3.95. The van der Waals surface area contributed by atoms with Crippen LogP contribution >= 0.6 is 9.24 Å². The van der Waals surface area contributed by atoms with Crippen LogP contribution in [0.5, 0.6) is 0 Å². The number of ether oxygens (including phenoxy) is 1. The fraction of sp³-hybridized carbons (Fsp3) is 1.00. The van der Waals surface area contributed by atoms with Crippen molar-refractivity contribution in [1.29, 1.82) is 0 Å². The molecule has 0 fully saturated rings. The molecule has 0 aromatic carbocycles. The van der Waals surface area contributed by atoms with Crippen LogP contribution in [-0.2, 0) is 4.74 Å². The number of hydrogen-bond donors (Lipinski definition) is 0. The van der Waals surface area contributed by atoms with Crippen LogP contribution in [0.15, 0.2) is 0 Å². The summed E-state index contributed by atoms with van der Waals surface area (Å²) in [5.41, 5.74) is -0.0112. The molecule has 0 aliphatic carbocycles. The van der Waals surface area contributed by atoms with E-state index < -0.39 is 0 Å². The maximum absolute atomic E-state index is 5.77. The van der Waals surface area contributed by atoms with Gasteiger partial charge in [0, 0.05) is 0 Å². The SMILES string of the molecule is CCC(C)(P)C(C)COC(C)(C)C. The van der Waals surface area contributed by atoms with Gasteiger partial charge < -0.3 is 4.74 Å². The van der Waals surface area contributed by atoms with Crippen LogP contribution in [0.2, 0.25) is 0 Å². The number of hydrogen-bond acceptors (Lipinski definition) is 1. The van der Waals surface area contributed by atoms with Crippen LogP contribution in [0.1, 0.15) is 48.0 Å². The normalized spacial score (nSPS) is 19.6. The van der Waals surface area contributed by atoms with Crippen molar-refractivity contribution >= 4 is 9.24 Å². The van der Waals surface area contributed by atoms with Gasteiger partial charge in [-0.05, 0) is 38.3 Å². The Kier molecular flexibility index (Phi) is 4.90. The first-order valence-corrected chi connectivity index (χ1v) is 5.69. The first-order valence-electron chi connectivity index (χ1n) is 5.12. The lowest BCUT2D eigenvalue weighted by molar-refractivity contribution is -0.0247. The minimum Gasteiger partial charge on any atom is -0.376 e. The summed E-state index contributed by atoms with van der Waals surface area (Å²) in [5, 5.41) is 0.311. The van der Waals surface area contributed by atoms with Gasteiger partial charge in [0.2, 0.25) is 0 Å². The topological polar surface area (TPSA) is 9.23 Å². The molecule has 80 valence electrons. The Labute approximate surface area is 85.8 Å². The van der Waals surface area contributed by atoms with Crippen molar-refractivity contribution in [3.05, 3.63) is 0 Å². The van der Waals surface area contributed by atoms with Crippen molar-refractivity contribution in [1.82, 2.24) is 0 Å². The van der Waals surface area contributed by atoms with Crippen molar-refractivity contribution in [2.75, 3.05) is 6.61 Å². The Morgan fingerprint density at radius 2 is 1.69 bits per heavy atom. The highest BCUT2D eigenvalue weighted by molar-refractivity contribution is 7.18. The molecule has 1 nitrogen and oxygen atoms in total. The van der Waals surface area contributed by atoms with Gasteiger partial charge in [0.25, 0.3) is 0 Å². The van der Waals surface area contributed by atoms with Crippen LogP contribution in [0.25, 0.3) is 0 Å². The molecule has 0 aliphatic rings. The largest absolute Gasteiger partial charge is 0.376 e. The second-order valence-electron chi connectivity index (χ2n) is 5.18. The van der Waals surface area contributed by atoms with Crippen molar-refractivity contribution in [2.45, 2.75) is 58.7 Å². The summed E-state index contributed by atoms with van der Waals surface area (Å²) in [4.78, 5) is 0. The van der Waals surface area contributed by atoms with E-state index in [1.54, 1.807) is 0 Å². The third-order valence-corrected chi connectivity index (χ3v) is 3.63. The lowest BCUT2D eigenvalue weighted by Crippen LogP contribution is -2.32. The van der Waals surface area contributed by atoms with Gasteiger partial charge in [0.1, 0.15) is 0 Å². The van der Waals surface area contributed by atoms with E-state index in [1.807, 2.05) is 0 Å². The van der Waals surface area contributed by atoms with Gasteiger partial charge in [-0.25, -0.2) is 0 Å². The molecule has 0 bridgehead atoms. The van der Waals surface area contributed by atoms with E-state index in [4.69, 9.17) is 4.74 Å². The van der Waals surface area contributed by atoms with E-state index in [1.165, 1.54) is 6.42 Å². The second-order valence-corrected chi connectivity index (χ2v) is 6.50. The smallest absolute Gasteiger partial charge is 0.0598 e. The maximum atomic E-state index is 5.77. The van der Waals surface area contributed by atoms with E-state index in [9.17, 15) is 0 Å². The molecule has 0 aromatic heterocycles. The highest BCUT2D eigenvalue weighted by Crippen LogP contribution is 2.31. The summed E-state index contributed by atoms with van der Waals surface area (Å²) in [6.45, 7) is 13.9. The van der Waals surface area contributed by atoms with Gasteiger partial charge in [0.15, 0.2) is 0 Å². The third-order valence-electron chi connectivity index (χ3n) is 2.65. The fourth-order valence-electron chi connectivity index (χ4n) is 0.914. The lowest BCUT2D eigenvalue weighted by Gasteiger charge is -2.32. The molecule has 0 N–H and O–H groups in total. The third kappa shape index (κ3) is 5.65. The van der Waals surface area contributed by atoms with Gasteiger partial charge in [-0.1, -0.05) is 20.8 Å². The molecule has 0 heterocycles. The second kappa shape index (κ2) is 4.75. The number of rotatable bonds is 4. The highest BCUT2D eigenvalue weighted by Gasteiger charge is 2.25.